The maximum Gasteiger partial charge on any atom is 0.407 e. The Bertz CT molecular complexity index is 1570. The number of benzene rings is 3. The lowest BCUT2D eigenvalue weighted by Crippen LogP contribution is -2.45. The van der Waals surface area contributed by atoms with Gasteiger partial charge in [-0.1, -0.05) is 54.6 Å². The molecule has 0 unspecified atom stereocenters. The van der Waals surface area contributed by atoms with E-state index in [0.29, 0.717) is 17.8 Å². The fraction of sp³-hybridized carbons (Fsp3) is 0.344. The second-order valence-electron chi connectivity index (χ2n) is 11.6. The van der Waals surface area contributed by atoms with E-state index in [0.717, 1.165) is 52.9 Å². The van der Waals surface area contributed by atoms with Gasteiger partial charge in [-0.2, -0.15) is 0 Å². The van der Waals surface area contributed by atoms with E-state index in [1.54, 1.807) is 0 Å². The third kappa shape index (κ3) is 6.11. The first-order chi connectivity index (χ1) is 19.1. The van der Waals surface area contributed by atoms with Crippen molar-refractivity contribution in [3.05, 3.63) is 83.6 Å². The Morgan fingerprint density at radius 2 is 1.60 bits per heavy atom. The lowest BCUT2D eigenvalue weighted by atomic mass is 9.91. The number of amidine groups is 1. The highest BCUT2D eigenvalue weighted by atomic mass is 16.6. The van der Waals surface area contributed by atoms with Crippen molar-refractivity contribution >= 4 is 39.5 Å². The number of hydrogen-bond donors (Lipinski definition) is 4. The van der Waals surface area contributed by atoms with Crippen LogP contribution in [0.15, 0.2) is 66.7 Å². The van der Waals surface area contributed by atoms with E-state index in [4.69, 9.17) is 15.9 Å². The number of amides is 2. The number of ether oxygens (including phenoxy) is 1. The first kappa shape index (κ1) is 27.2. The van der Waals surface area contributed by atoms with E-state index in [1.165, 1.54) is 0 Å². The fourth-order valence-electron chi connectivity index (χ4n) is 5.50. The van der Waals surface area contributed by atoms with Gasteiger partial charge in [0.2, 0.25) is 0 Å². The van der Waals surface area contributed by atoms with Crippen LogP contribution in [0.1, 0.15) is 68.1 Å². The van der Waals surface area contributed by atoms with Gasteiger partial charge in [-0.25, -0.2) is 4.79 Å². The lowest BCUT2D eigenvalue weighted by molar-refractivity contribution is 0.0488. The second kappa shape index (κ2) is 11.0. The maximum atomic E-state index is 13.7. The molecule has 208 valence electrons. The molecule has 8 nitrogen and oxygen atoms in total. The standard InChI is InChI=1S/C32H37N5O3/c1-32(2,3)40-31(39)36-25-15-13-24(14-16-25)35-30(38)28-17-21-11-12-22(29(33)34)18-27(21)37(28)19-23-9-6-8-20-7-4-5-10-26(20)23/h4-12,17-18,24-25H,13-16,19H2,1-3H3,(H3,33,34)(H,35,38)(H,36,39)/t24-,25-. The molecule has 0 bridgehead atoms. The molecule has 1 heterocycles. The van der Waals surface area contributed by atoms with Crippen molar-refractivity contribution in [3.63, 3.8) is 0 Å². The van der Waals surface area contributed by atoms with E-state index in [1.807, 2.05) is 67.8 Å². The van der Waals surface area contributed by atoms with Gasteiger partial charge in [0.1, 0.15) is 17.1 Å². The molecule has 1 aliphatic carbocycles. The average molecular weight is 540 g/mol. The zero-order valence-electron chi connectivity index (χ0n) is 23.3. The van der Waals surface area contributed by atoms with Crippen LogP contribution in [0.2, 0.25) is 0 Å². The Kier molecular flexibility index (Phi) is 7.52. The Labute approximate surface area is 234 Å². The fourth-order valence-corrected chi connectivity index (χ4v) is 5.50. The molecule has 40 heavy (non-hydrogen) atoms. The number of nitrogens with zero attached hydrogens (tertiary/aromatic N) is 1. The Balaban J connectivity index is 1.37. The molecule has 0 radical (unpaired) electrons. The molecule has 0 spiro atoms. The van der Waals surface area contributed by atoms with Crippen molar-refractivity contribution < 1.29 is 14.3 Å². The number of nitrogen functional groups attached to an aromatic ring is 1. The first-order valence-corrected chi connectivity index (χ1v) is 13.8. The quantitative estimate of drug-likeness (QED) is 0.186. The van der Waals surface area contributed by atoms with Gasteiger partial charge in [-0.3, -0.25) is 10.2 Å². The van der Waals surface area contributed by atoms with Crippen molar-refractivity contribution in [1.82, 2.24) is 15.2 Å². The normalized spacial score (nSPS) is 17.5. The van der Waals surface area contributed by atoms with Crippen LogP contribution in [0.25, 0.3) is 21.7 Å². The summed E-state index contributed by atoms with van der Waals surface area (Å²) in [6.45, 7) is 6.04. The largest absolute Gasteiger partial charge is 0.444 e. The maximum absolute atomic E-state index is 13.7. The number of rotatable bonds is 6. The second-order valence-corrected chi connectivity index (χ2v) is 11.6. The molecule has 2 amide bonds. The molecule has 4 aromatic rings. The number of aromatic nitrogens is 1. The van der Waals surface area contributed by atoms with Crippen molar-refractivity contribution in [2.45, 2.75) is 70.7 Å². The van der Waals surface area contributed by atoms with E-state index in [9.17, 15) is 9.59 Å². The summed E-state index contributed by atoms with van der Waals surface area (Å²) < 4.78 is 7.41. The highest BCUT2D eigenvalue weighted by Crippen LogP contribution is 2.27. The van der Waals surface area contributed by atoms with E-state index in [-0.39, 0.29) is 23.8 Å². The minimum Gasteiger partial charge on any atom is -0.444 e. The lowest BCUT2D eigenvalue weighted by Gasteiger charge is -2.30. The van der Waals surface area contributed by atoms with E-state index in [2.05, 4.69) is 34.9 Å². The molecule has 1 aliphatic rings. The van der Waals surface area contributed by atoms with E-state index < -0.39 is 11.7 Å². The van der Waals surface area contributed by atoms with Crippen molar-refractivity contribution in [2.75, 3.05) is 0 Å². The Morgan fingerprint density at radius 1 is 0.925 bits per heavy atom. The number of alkyl carbamates (subject to hydrolysis) is 1. The number of fused-ring (bicyclic) bond motifs is 2. The van der Waals surface area contributed by atoms with Crippen molar-refractivity contribution in [3.8, 4) is 0 Å². The summed E-state index contributed by atoms with van der Waals surface area (Å²) in [5.41, 5.74) is 8.41. The smallest absolute Gasteiger partial charge is 0.407 e. The summed E-state index contributed by atoms with van der Waals surface area (Å²) in [5, 5.41) is 17.3. The number of hydrogen-bond acceptors (Lipinski definition) is 4. The minimum absolute atomic E-state index is 0.0115. The first-order valence-electron chi connectivity index (χ1n) is 13.8. The van der Waals surface area contributed by atoms with E-state index >= 15 is 0 Å². The number of carbonyl (C=O) groups is 2. The number of carbonyl (C=O) groups excluding carboxylic acids is 2. The van der Waals surface area contributed by atoms with Crippen LogP contribution in [-0.4, -0.2) is 40.1 Å². The minimum atomic E-state index is -0.537. The molecule has 8 heteroatoms. The Hall–Kier alpha value is -4.33. The van der Waals surface area contributed by atoms with Crippen molar-refractivity contribution in [1.29, 1.82) is 5.41 Å². The summed E-state index contributed by atoms with van der Waals surface area (Å²) in [5.74, 6) is -0.146. The zero-order valence-corrected chi connectivity index (χ0v) is 23.3. The summed E-state index contributed by atoms with van der Waals surface area (Å²) in [6, 6.07) is 22.0. The molecule has 5 N–H and O–H groups in total. The molecule has 1 fully saturated rings. The van der Waals surface area contributed by atoms with Crippen LogP contribution >= 0.6 is 0 Å². The SMILES string of the molecule is CC(C)(C)OC(=O)N[C@H]1CC[C@H](NC(=O)c2cc3ccc(C(=N)N)cc3n2Cc2cccc3ccccc23)CC1. The van der Waals surface area contributed by atoms with Crippen LogP contribution in [0.4, 0.5) is 4.79 Å². The van der Waals surface area contributed by atoms with Gasteiger partial charge in [-0.15, -0.1) is 0 Å². The predicted molar refractivity (Wildman–Crippen MR) is 159 cm³/mol. The average Bonchev–Trinajstić information content (AvgIpc) is 3.26. The zero-order chi connectivity index (χ0) is 28.4. The molecule has 1 aromatic heterocycles. The van der Waals surface area contributed by atoms with Gasteiger partial charge in [0.05, 0.1) is 0 Å². The van der Waals surface area contributed by atoms with Crippen LogP contribution in [-0.2, 0) is 11.3 Å². The summed E-state index contributed by atoms with van der Waals surface area (Å²) >= 11 is 0. The van der Waals surface area contributed by atoms with Crippen LogP contribution < -0.4 is 16.4 Å². The molecular formula is C32H37N5O3. The molecular weight excluding hydrogens is 502 g/mol. The molecule has 5 rings (SSSR count). The summed E-state index contributed by atoms with van der Waals surface area (Å²) in [4.78, 5) is 25.9. The molecule has 0 atom stereocenters. The predicted octanol–water partition coefficient (Wildman–Crippen LogP) is 5.69. The van der Waals surface area contributed by atoms with Crippen LogP contribution in [0.5, 0.6) is 0 Å². The third-order valence-electron chi connectivity index (χ3n) is 7.44. The van der Waals surface area contributed by atoms with Gasteiger partial charge in [0, 0.05) is 35.1 Å². The number of nitrogens with two attached hydrogens (primary N) is 1. The number of nitrogens with one attached hydrogen (secondary N) is 3. The van der Waals surface area contributed by atoms with Crippen LogP contribution in [0, 0.1) is 5.41 Å². The van der Waals surface area contributed by atoms with Gasteiger partial charge in [0.25, 0.3) is 5.91 Å². The van der Waals surface area contributed by atoms with Crippen molar-refractivity contribution in [2.24, 2.45) is 5.73 Å². The topological polar surface area (TPSA) is 122 Å². The highest BCUT2D eigenvalue weighted by molar-refractivity contribution is 6.02. The summed E-state index contributed by atoms with van der Waals surface area (Å²) in [7, 11) is 0. The molecule has 0 saturated heterocycles. The third-order valence-corrected chi connectivity index (χ3v) is 7.44. The summed E-state index contributed by atoms with van der Waals surface area (Å²) in [6.07, 6.45) is 2.67. The molecule has 1 saturated carbocycles. The van der Waals surface area contributed by atoms with Gasteiger partial charge in [-0.05, 0) is 74.9 Å². The van der Waals surface area contributed by atoms with Crippen LogP contribution in [0.3, 0.4) is 0 Å². The molecule has 0 aliphatic heterocycles. The van der Waals surface area contributed by atoms with Gasteiger partial charge < -0.3 is 25.7 Å². The van der Waals surface area contributed by atoms with Gasteiger partial charge in [0.15, 0.2) is 0 Å². The monoisotopic (exact) mass is 539 g/mol. The molecule has 3 aromatic carbocycles. The van der Waals surface area contributed by atoms with Gasteiger partial charge >= 0.3 is 6.09 Å². The Morgan fingerprint density at radius 3 is 2.30 bits per heavy atom. The highest BCUT2D eigenvalue weighted by Gasteiger charge is 2.27.